The molecule has 1 atom stereocenters. The second kappa shape index (κ2) is 11.2. The van der Waals surface area contributed by atoms with Crippen molar-refractivity contribution < 1.29 is 24.6 Å². The number of anilines is 3. The van der Waals surface area contributed by atoms with E-state index < -0.39 is 23.9 Å². The van der Waals surface area contributed by atoms with E-state index in [9.17, 15) is 19.2 Å². The molecule has 0 aliphatic rings. The molecule has 166 valence electrons. The molecule has 0 saturated carbocycles. The number of nitrogen functional groups attached to an aromatic ring is 1. The van der Waals surface area contributed by atoms with E-state index in [4.69, 9.17) is 15.9 Å². The first kappa shape index (κ1) is 23.2. The van der Waals surface area contributed by atoms with Crippen LogP contribution in [0.1, 0.15) is 29.6 Å². The summed E-state index contributed by atoms with van der Waals surface area (Å²) in [5.41, 5.74) is 6.37. The third-order valence-electron chi connectivity index (χ3n) is 4.21. The third kappa shape index (κ3) is 7.68. The van der Waals surface area contributed by atoms with Crippen LogP contribution in [-0.4, -0.2) is 57.2 Å². The molecule has 0 unspecified atom stereocenters. The summed E-state index contributed by atoms with van der Waals surface area (Å²) in [7, 11) is 0. The molecule has 1 aromatic heterocycles. The normalized spacial score (nSPS) is 11.4. The van der Waals surface area contributed by atoms with Crippen LogP contribution in [-0.2, 0) is 9.59 Å². The molecule has 1 amide bonds. The van der Waals surface area contributed by atoms with Crippen molar-refractivity contribution in [2.75, 3.05) is 29.5 Å². The molecule has 31 heavy (non-hydrogen) atoms. The number of aromatic amines is 1. The molecule has 0 saturated heterocycles. The summed E-state index contributed by atoms with van der Waals surface area (Å²) in [6.07, 6.45) is 1.48. The average Bonchev–Trinajstić information content (AvgIpc) is 2.72. The number of aliphatic carboxylic acids is 2. The molecule has 1 aromatic carbocycles. The zero-order valence-corrected chi connectivity index (χ0v) is 16.6. The van der Waals surface area contributed by atoms with Gasteiger partial charge in [0.25, 0.3) is 11.5 Å². The summed E-state index contributed by atoms with van der Waals surface area (Å²) in [5, 5.41) is 26.2. The van der Waals surface area contributed by atoms with Gasteiger partial charge in [-0.25, -0.2) is 9.78 Å². The molecule has 0 radical (unpaired) electrons. The lowest BCUT2D eigenvalue weighted by Gasteiger charge is -2.14. The Balaban J connectivity index is 1.77. The predicted molar refractivity (Wildman–Crippen MR) is 113 cm³/mol. The van der Waals surface area contributed by atoms with Crippen LogP contribution in [0.5, 0.6) is 0 Å². The van der Waals surface area contributed by atoms with E-state index in [1.165, 1.54) is 18.3 Å². The average molecular weight is 432 g/mol. The van der Waals surface area contributed by atoms with Gasteiger partial charge in [0, 0.05) is 30.8 Å². The number of carbonyl (C=O) groups is 3. The van der Waals surface area contributed by atoms with Gasteiger partial charge in [0.1, 0.15) is 11.7 Å². The first-order valence-electron chi connectivity index (χ1n) is 9.44. The van der Waals surface area contributed by atoms with Crippen LogP contribution < -0.4 is 27.2 Å². The number of carbonyl (C=O) groups excluding carboxylic acids is 1. The van der Waals surface area contributed by atoms with Crippen molar-refractivity contribution >= 4 is 35.2 Å². The Morgan fingerprint density at radius 2 is 1.77 bits per heavy atom. The first-order valence-corrected chi connectivity index (χ1v) is 9.44. The van der Waals surface area contributed by atoms with Gasteiger partial charge in [-0.05, 0) is 37.1 Å². The van der Waals surface area contributed by atoms with Crippen LogP contribution >= 0.6 is 0 Å². The summed E-state index contributed by atoms with van der Waals surface area (Å²) in [5.74, 6) is -2.98. The van der Waals surface area contributed by atoms with Gasteiger partial charge >= 0.3 is 11.9 Å². The minimum Gasteiger partial charge on any atom is -0.481 e. The number of nitrogens with one attached hydrogen (secondary N) is 4. The van der Waals surface area contributed by atoms with E-state index in [1.807, 2.05) is 0 Å². The molecule has 2 aromatic rings. The number of nitrogens with zero attached hydrogens (tertiary/aromatic N) is 1. The Kier molecular flexibility index (Phi) is 8.37. The van der Waals surface area contributed by atoms with Crippen molar-refractivity contribution in [3.8, 4) is 0 Å². The van der Waals surface area contributed by atoms with Gasteiger partial charge in [0.2, 0.25) is 0 Å². The molecule has 0 bridgehead atoms. The smallest absolute Gasteiger partial charge is 0.326 e. The summed E-state index contributed by atoms with van der Waals surface area (Å²) in [6.45, 7) is 1.12. The fourth-order valence-corrected chi connectivity index (χ4v) is 2.58. The summed E-state index contributed by atoms with van der Waals surface area (Å²) < 4.78 is 0. The SMILES string of the molecule is Nc1ncc(NCCCNc2ccc(C(=O)N[C@H](CCC(=O)O)C(=O)O)cc2)c(=O)[nH]1. The molecule has 0 aliphatic heterocycles. The lowest BCUT2D eigenvalue weighted by Crippen LogP contribution is -2.41. The molecule has 0 aliphatic carbocycles. The second-order valence-electron chi connectivity index (χ2n) is 6.59. The molecule has 1 heterocycles. The molecule has 8 N–H and O–H groups in total. The third-order valence-corrected chi connectivity index (χ3v) is 4.21. The van der Waals surface area contributed by atoms with Crippen molar-refractivity contribution in [2.45, 2.75) is 25.3 Å². The monoisotopic (exact) mass is 432 g/mol. The van der Waals surface area contributed by atoms with Gasteiger partial charge in [-0.3, -0.25) is 19.4 Å². The van der Waals surface area contributed by atoms with Crippen LogP contribution in [0.2, 0.25) is 0 Å². The molecule has 2 rings (SSSR count). The highest BCUT2D eigenvalue weighted by Gasteiger charge is 2.21. The van der Waals surface area contributed by atoms with Crippen LogP contribution in [0.15, 0.2) is 35.3 Å². The van der Waals surface area contributed by atoms with Crippen LogP contribution in [0.3, 0.4) is 0 Å². The Labute approximate surface area is 176 Å². The Hall–Kier alpha value is -4.09. The van der Waals surface area contributed by atoms with Gasteiger partial charge in [0.15, 0.2) is 5.95 Å². The highest BCUT2D eigenvalue weighted by atomic mass is 16.4. The van der Waals surface area contributed by atoms with Gasteiger partial charge in [-0.1, -0.05) is 0 Å². The number of hydrogen-bond donors (Lipinski definition) is 7. The van der Waals surface area contributed by atoms with E-state index >= 15 is 0 Å². The van der Waals surface area contributed by atoms with E-state index in [2.05, 4.69) is 25.9 Å². The molecular weight excluding hydrogens is 408 g/mol. The zero-order valence-electron chi connectivity index (χ0n) is 16.6. The Bertz CT molecular complexity index is 975. The quantitative estimate of drug-likeness (QED) is 0.229. The topological polar surface area (TPSA) is 200 Å². The summed E-state index contributed by atoms with van der Waals surface area (Å²) in [6, 6.07) is 5.13. The minimum absolute atomic E-state index is 0.0492. The van der Waals surface area contributed by atoms with E-state index in [1.54, 1.807) is 12.1 Å². The number of H-pyrrole nitrogens is 1. The second-order valence-corrected chi connectivity index (χ2v) is 6.59. The number of rotatable bonds is 12. The van der Waals surface area contributed by atoms with Crippen LogP contribution in [0, 0.1) is 0 Å². The first-order chi connectivity index (χ1) is 14.8. The fourth-order valence-electron chi connectivity index (χ4n) is 2.58. The minimum atomic E-state index is -1.29. The number of nitrogens with two attached hydrogens (primary N) is 1. The van der Waals surface area contributed by atoms with E-state index in [0.717, 1.165) is 5.69 Å². The maximum atomic E-state index is 12.2. The van der Waals surface area contributed by atoms with E-state index in [-0.39, 0.29) is 29.9 Å². The van der Waals surface area contributed by atoms with E-state index in [0.29, 0.717) is 25.2 Å². The molecule has 0 fully saturated rings. The Morgan fingerprint density at radius 3 is 2.39 bits per heavy atom. The number of amides is 1. The number of carboxylic acid groups (broad SMARTS) is 2. The lowest BCUT2D eigenvalue weighted by atomic mass is 10.1. The van der Waals surface area contributed by atoms with Gasteiger partial charge in [0.05, 0.1) is 6.20 Å². The number of hydrogen-bond acceptors (Lipinski definition) is 8. The number of carboxylic acids is 2. The number of benzene rings is 1. The highest BCUT2D eigenvalue weighted by Crippen LogP contribution is 2.10. The van der Waals surface area contributed by atoms with Crippen molar-refractivity contribution in [3.63, 3.8) is 0 Å². The fraction of sp³-hybridized carbons (Fsp3) is 0.316. The van der Waals surface area contributed by atoms with Crippen LogP contribution in [0.4, 0.5) is 17.3 Å². The maximum Gasteiger partial charge on any atom is 0.326 e. The maximum absolute atomic E-state index is 12.2. The molecule has 0 spiro atoms. The van der Waals surface area contributed by atoms with Gasteiger partial charge < -0.3 is 31.9 Å². The summed E-state index contributed by atoms with van der Waals surface area (Å²) >= 11 is 0. The van der Waals surface area contributed by atoms with Crippen LogP contribution in [0.25, 0.3) is 0 Å². The van der Waals surface area contributed by atoms with Crippen molar-refractivity contribution in [3.05, 3.63) is 46.4 Å². The van der Waals surface area contributed by atoms with Crippen molar-refractivity contribution in [1.29, 1.82) is 0 Å². The largest absolute Gasteiger partial charge is 0.481 e. The van der Waals surface area contributed by atoms with Crippen molar-refractivity contribution in [2.24, 2.45) is 0 Å². The molecule has 12 heteroatoms. The Morgan fingerprint density at radius 1 is 1.10 bits per heavy atom. The lowest BCUT2D eigenvalue weighted by molar-refractivity contribution is -0.140. The zero-order chi connectivity index (χ0) is 22.8. The standard InChI is InChI=1S/C19H24N6O6/c20-19-23-10-14(17(29)25-19)22-9-1-8-21-12-4-2-11(3-5-12)16(28)24-13(18(30)31)6-7-15(26)27/h2-5,10,13,21-22H,1,6-9H2,(H,24,28)(H,26,27)(H,30,31)(H3,20,23,25,29)/t13-/m1/s1. The highest BCUT2D eigenvalue weighted by molar-refractivity contribution is 5.96. The van der Waals surface area contributed by atoms with Gasteiger partial charge in [-0.15, -0.1) is 0 Å². The molecular formula is C19H24N6O6. The van der Waals surface area contributed by atoms with Gasteiger partial charge in [-0.2, -0.15) is 0 Å². The van der Waals surface area contributed by atoms with Crippen molar-refractivity contribution in [1.82, 2.24) is 15.3 Å². The predicted octanol–water partition coefficient (Wildman–Crippen LogP) is 0.314. The summed E-state index contributed by atoms with van der Waals surface area (Å²) in [4.78, 5) is 51.8. The molecule has 12 nitrogen and oxygen atoms in total. The number of aromatic nitrogens is 2.